The second-order valence-corrected chi connectivity index (χ2v) is 17.6. The summed E-state index contributed by atoms with van der Waals surface area (Å²) in [5, 5.41) is 2.52. The fourth-order valence-corrected chi connectivity index (χ4v) is 10.4. The van der Waals surface area contributed by atoms with E-state index in [1.165, 1.54) is 6.20 Å². The van der Waals surface area contributed by atoms with Crippen LogP contribution >= 0.6 is 11.6 Å². The topological polar surface area (TPSA) is 137 Å². The number of hydrogen-bond donors (Lipinski definition) is 1. The van der Waals surface area contributed by atoms with Crippen LogP contribution in [0.5, 0.6) is 5.75 Å². The van der Waals surface area contributed by atoms with E-state index in [0.29, 0.717) is 16.5 Å². The van der Waals surface area contributed by atoms with Crippen LogP contribution < -0.4 is 15.0 Å². The molecule has 58 heavy (non-hydrogen) atoms. The van der Waals surface area contributed by atoms with Gasteiger partial charge >= 0.3 is 0 Å². The second-order valence-electron chi connectivity index (χ2n) is 17.2. The molecule has 6 heterocycles. The molecule has 1 saturated carbocycles. The van der Waals surface area contributed by atoms with Gasteiger partial charge in [-0.3, -0.25) is 39.1 Å². The molecule has 4 fully saturated rings. The molecule has 0 spiro atoms. The van der Waals surface area contributed by atoms with Gasteiger partial charge in [0.2, 0.25) is 17.5 Å². The number of amides is 5. The van der Waals surface area contributed by atoms with Crippen LogP contribution in [0.3, 0.4) is 0 Å². The van der Waals surface area contributed by atoms with Gasteiger partial charge in [-0.2, -0.15) is 0 Å². The minimum absolute atomic E-state index is 0.0442. The lowest BCUT2D eigenvalue weighted by Gasteiger charge is -2.65. The fraction of sp³-hybridized carbons (Fsp3) is 0.419. The van der Waals surface area contributed by atoms with Gasteiger partial charge in [0, 0.05) is 78.9 Å². The van der Waals surface area contributed by atoms with Crippen molar-refractivity contribution in [2.75, 3.05) is 31.1 Å². The van der Waals surface area contributed by atoms with Gasteiger partial charge in [0.25, 0.3) is 17.7 Å². The van der Waals surface area contributed by atoms with Crippen LogP contribution in [-0.2, 0) is 16.1 Å². The normalized spacial score (nSPS) is 24.9. The molecule has 15 heteroatoms. The third kappa shape index (κ3) is 5.76. The zero-order valence-electron chi connectivity index (χ0n) is 32.3. The number of aromatic nitrogens is 1. The van der Waals surface area contributed by atoms with Crippen molar-refractivity contribution in [3.8, 4) is 17.6 Å². The van der Waals surface area contributed by atoms with E-state index >= 15 is 4.39 Å². The van der Waals surface area contributed by atoms with Gasteiger partial charge in [0.15, 0.2) is 0 Å². The molecular formula is C43H39ClFN7O6. The summed E-state index contributed by atoms with van der Waals surface area (Å²) in [6.07, 6.45) is 1.22. The van der Waals surface area contributed by atoms with Crippen LogP contribution in [-0.4, -0.2) is 99.6 Å². The summed E-state index contributed by atoms with van der Waals surface area (Å²) < 4.78 is 22.4. The molecule has 5 amide bonds. The van der Waals surface area contributed by atoms with E-state index in [4.69, 9.17) is 22.9 Å². The van der Waals surface area contributed by atoms with E-state index in [1.807, 2.05) is 27.7 Å². The number of rotatable bonds is 6. The average Bonchev–Trinajstić information content (AvgIpc) is 3.59. The molecule has 0 radical (unpaired) electrons. The first-order valence-corrected chi connectivity index (χ1v) is 19.6. The number of nitrogens with zero attached hydrogens (tertiary/aromatic N) is 6. The highest BCUT2D eigenvalue weighted by atomic mass is 35.5. The highest BCUT2D eigenvalue weighted by molar-refractivity contribution is 6.33. The highest BCUT2D eigenvalue weighted by Crippen LogP contribution is 2.59. The molecule has 6 aliphatic rings. The van der Waals surface area contributed by atoms with Gasteiger partial charge in [-0.1, -0.05) is 57.2 Å². The van der Waals surface area contributed by atoms with Crippen LogP contribution in [0, 0.1) is 41.0 Å². The fourth-order valence-electron chi connectivity index (χ4n) is 10.2. The Morgan fingerprint density at radius 2 is 1.69 bits per heavy atom. The van der Waals surface area contributed by atoms with Crippen LogP contribution in [0.1, 0.15) is 82.9 Å². The second kappa shape index (κ2) is 13.4. The molecule has 1 aliphatic carbocycles. The molecule has 3 saturated heterocycles. The summed E-state index contributed by atoms with van der Waals surface area (Å²) in [6.45, 7) is 18.3. The largest absolute Gasteiger partial charge is 0.489 e. The summed E-state index contributed by atoms with van der Waals surface area (Å²) in [5.74, 6) is 3.82. The van der Waals surface area contributed by atoms with Gasteiger partial charge < -0.3 is 14.5 Å². The van der Waals surface area contributed by atoms with Gasteiger partial charge in [-0.05, 0) is 36.8 Å². The minimum atomic E-state index is -1.01. The minimum Gasteiger partial charge on any atom is -0.489 e. The Kier molecular flexibility index (Phi) is 8.69. The Hall–Kier alpha value is -5.83. The number of hydrogen-bond acceptors (Lipinski definition) is 9. The third-order valence-electron chi connectivity index (χ3n) is 12.8. The van der Waals surface area contributed by atoms with Crippen molar-refractivity contribution >= 4 is 52.5 Å². The number of carbonyl (C=O) groups is 5. The van der Waals surface area contributed by atoms with Crippen LogP contribution in [0.25, 0.3) is 4.85 Å². The van der Waals surface area contributed by atoms with Crippen molar-refractivity contribution in [1.29, 1.82) is 0 Å². The first kappa shape index (κ1) is 37.7. The van der Waals surface area contributed by atoms with Crippen LogP contribution in [0.2, 0.25) is 5.02 Å². The molecule has 13 nitrogen and oxygen atoms in total. The van der Waals surface area contributed by atoms with E-state index in [0.717, 1.165) is 36.8 Å². The highest BCUT2D eigenvalue weighted by Gasteiger charge is 2.67. The maximum absolute atomic E-state index is 16.0. The molecule has 2 aromatic carbocycles. The quantitative estimate of drug-likeness (QED) is 0.211. The van der Waals surface area contributed by atoms with Crippen molar-refractivity contribution in [3.05, 3.63) is 92.8 Å². The zero-order chi connectivity index (χ0) is 41.0. The molecule has 1 unspecified atom stereocenters. The van der Waals surface area contributed by atoms with Gasteiger partial charge in [-0.25, -0.2) is 14.2 Å². The number of piperidine rings is 1. The van der Waals surface area contributed by atoms with Crippen molar-refractivity contribution in [1.82, 2.24) is 25.0 Å². The van der Waals surface area contributed by atoms with Crippen molar-refractivity contribution < 1.29 is 33.1 Å². The number of imide groups is 2. The van der Waals surface area contributed by atoms with E-state index < -0.39 is 46.3 Å². The Bertz CT molecular complexity index is 2460. The smallest absolute Gasteiger partial charge is 0.273 e. The van der Waals surface area contributed by atoms with E-state index in [9.17, 15) is 24.0 Å². The van der Waals surface area contributed by atoms with Gasteiger partial charge in [-0.15, -0.1) is 0 Å². The zero-order valence-corrected chi connectivity index (χ0v) is 33.0. The number of carbonyl (C=O) groups excluding carboxylic acids is 5. The summed E-state index contributed by atoms with van der Waals surface area (Å²) in [5.41, 5.74) is 1.17. The lowest BCUT2D eigenvalue weighted by Crippen LogP contribution is -2.74. The predicted molar refractivity (Wildman–Crippen MR) is 209 cm³/mol. The summed E-state index contributed by atoms with van der Waals surface area (Å²) in [4.78, 5) is 78.9. The lowest BCUT2D eigenvalue weighted by atomic mass is 9.49. The van der Waals surface area contributed by atoms with Crippen molar-refractivity contribution in [2.45, 2.75) is 71.3 Å². The number of fused-ring (bicyclic) bond motifs is 2. The Labute approximate surface area is 339 Å². The van der Waals surface area contributed by atoms with Crippen LogP contribution in [0.15, 0.2) is 42.6 Å². The lowest BCUT2D eigenvalue weighted by molar-refractivity contribution is -0.199. The molecule has 296 valence electrons. The molecule has 3 aromatic rings. The number of nitrogens with one attached hydrogen (secondary N) is 1. The molecule has 5 aliphatic heterocycles. The Morgan fingerprint density at radius 3 is 2.38 bits per heavy atom. The van der Waals surface area contributed by atoms with Crippen molar-refractivity contribution in [3.63, 3.8) is 0 Å². The summed E-state index contributed by atoms with van der Waals surface area (Å²) >= 11 is 6.26. The average molecular weight is 804 g/mol. The number of likely N-dealkylation sites (tertiary alicyclic amines) is 1. The standard InChI is InChI=1S/C43H39ClFN7O6/c1-42(2)40(43(3,4)41(42)58-26-9-11-31(46-5)30(44)15-26)51-21-29-34(45)23(16-47-35(29)39(51)57)7-6-22-17-49(18-22)25-19-50(20-25)24-8-10-27-28(14-24)38(56)52(37(27)55)32-12-13-33(53)48-36(32)54/h8-11,14-16,22,25,32,40-41H,12-13,17-21H2,1-4H3,(H,48,53,54). The first-order chi connectivity index (χ1) is 27.6. The Morgan fingerprint density at radius 1 is 0.966 bits per heavy atom. The van der Waals surface area contributed by atoms with E-state index in [-0.39, 0.29) is 77.3 Å². The molecule has 9 rings (SSSR count). The first-order valence-electron chi connectivity index (χ1n) is 19.3. The number of benzene rings is 2. The molecular weight excluding hydrogens is 765 g/mol. The number of halogens is 2. The molecule has 1 N–H and O–H groups in total. The van der Waals surface area contributed by atoms with Gasteiger partial charge in [0.1, 0.15) is 29.4 Å². The maximum Gasteiger partial charge on any atom is 0.273 e. The van der Waals surface area contributed by atoms with E-state index in [1.54, 1.807) is 41.3 Å². The van der Waals surface area contributed by atoms with E-state index in [2.05, 4.69) is 36.8 Å². The third-order valence-corrected chi connectivity index (χ3v) is 13.1. The maximum atomic E-state index is 16.0. The number of anilines is 1. The molecule has 1 aromatic heterocycles. The molecule has 0 bridgehead atoms. The number of pyridine rings is 1. The summed E-state index contributed by atoms with van der Waals surface area (Å²) in [7, 11) is 0. The number of ether oxygens (including phenoxy) is 1. The van der Waals surface area contributed by atoms with Gasteiger partial charge in [0.05, 0.1) is 34.8 Å². The van der Waals surface area contributed by atoms with Crippen molar-refractivity contribution in [2.24, 2.45) is 16.7 Å². The summed E-state index contributed by atoms with van der Waals surface area (Å²) in [6, 6.07) is 9.09. The van der Waals surface area contributed by atoms with Crippen LogP contribution in [0.4, 0.5) is 15.8 Å². The monoisotopic (exact) mass is 803 g/mol. The molecule has 1 atom stereocenters. The Balaban J connectivity index is 0.799. The SMILES string of the molecule is [C-]#[N+]c1ccc(OC2C(C)(C)C(N3Cc4c(ncc(C#CC5CN(C6CN(c7ccc8c(c7)C(=O)N(C7CCC(=O)NC7=O)C8=O)C6)C5)c4F)C3=O)C2(C)C)cc1Cl. The predicted octanol–water partition coefficient (Wildman–Crippen LogP) is 4.84.